The molecule has 13 heavy (non-hydrogen) atoms. The van der Waals surface area contributed by atoms with Crippen LogP contribution in [0, 0.1) is 0 Å². The van der Waals surface area contributed by atoms with Gasteiger partial charge in [-0.25, -0.2) is 10.0 Å². The highest BCUT2D eigenvalue weighted by Crippen LogP contribution is 2.10. The van der Waals surface area contributed by atoms with Crippen LogP contribution < -0.4 is 0 Å². The molecular formula is C11H26N2. The summed E-state index contributed by atoms with van der Waals surface area (Å²) in [5.41, 5.74) is 0. The minimum Gasteiger partial charge on any atom is -0.242 e. The summed E-state index contributed by atoms with van der Waals surface area (Å²) in [4.78, 5) is 0. The third-order valence-corrected chi connectivity index (χ3v) is 3.06. The zero-order chi connectivity index (χ0) is 10.4. The minimum absolute atomic E-state index is 0.647. The van der Waals surface area contributed by atoms with E-state index >= 15 is 0 Å². The zero-order valence-corrected chi connectivity index (χ0v) is 10.2. The summed E-state index contributed by atoms with van der Waals surface area (Å²) in [7, 11) is 2.20. The molecule has 0 N–H and O–H groups in total. The molecule has 2 nitrogen and oxygen atoms in total. The molecule has 0 saturated heterocycles. The average molecular weight is 186 g/mol. The fourth-order valence-corrected chi connectivity index (χ4v) is 1.57. The van der Waals surface area contributed by atoms with Gasteiger partial charge in [0, 0.05) is 25.7 Å². The van der Waals surface area contributed by atoms with Crippen molar-refractivity contribution in [1.82, 2.24) is 10.0 Å². The van der Waals surface area contributed by atoms with Gasteiger partial charge in [-0.2, -0.15) is 0 Å². The van der Waals surface area contributed by atoms with E-state index in [1.54, 1.807) is 0 Å². The molecule has 2 atom stereocenters. The lowest BCUT2D eigenvalue weighted by atomic mass is 10.2. The molecule has 0 aliphatic heterocycles. The van der Waals surface area contributed by atoms with Gasteiger partial charge in [-0.05, 0) is 26.7 Å². The van der Waals surface area contributed by atoms with Crippen LogP contribution in [0.25, 0.3) is 0 Å². The molecule has 80 valence electrons. The Morgan fingerprint density at radius 3 is 1.69 bits per heavy atom. The molecule has 0 amide bonds. The second-order valence-corrected chi connectivity index (χ2v) is 3.84. The number of hydrogen-bond acceptors (Lipinski definition) is 2. The molecule has 0 saturated carbocycles. The highest BCUT2D eigenvalue weighted by Gasteiger charge is 2.18. The van der Waals surface area contributed by atoms with Crippen molar-refractivity contribution in [1.29, 1.82) is 0 Å². The molecule has 0 fully saturated rings. The maximum Gasteiger partial charge on any atom is 0.0214 e. The first kappa shape index (κ1) is 12.9. The standard InChI is InChI=1S/C11H26N2/c1-7-10(4)12(6)13(9-3)11(5)8-2/h10-11H,7-9H2,1-6H3. The lowest BCUT2D eigenvalue weighted by molar-refractivity contribution is -0.0593. The summed E-state index contributed by atoms with van der Waals surface area (Å²) >= 11 is 0. The summed E-state index contributed by atoms with van der Waals surface area (Å²) in [6.07, 6.45) is 2.43. The first-order valence-corrected chi connectivity index (χ1v) is 5.57. The van der Waals surface area contributed by atoms with E-state index in [0.717, 1.165) is 6.54 Å². The van der Waals surface area contributed by atoms with Crippen LogP contribution in [0.2, 0.25) is 0 Å². The van der Waals surface area contributed by atoms with Crippen LogP contribution in [-0.4, -0.2) is 35.7 Å². The molecule has 0 aromatic heterocycles. The SMILES string of the molecule is CCC(C)N(C)N(CC)C(C)CC. The molecule has 0 aromatic rings. The Kier molecular flexibility index (Phi) is 6.35. The second-order valence-electron chi connectivity index (χ2n) is 3.84. The van der Waals surface area contributed by atoms with Crippen LogP contribution in [0.3, 0.4) is 0 Å². The fourth-order valence-electron chi connectivity index (χ4n) is 1.57. The fraction of sp³-hybridized carbons (Fsp3) is 1.00. The smallest absolute Gasteiger partial charge is 0.0214 e. The molecule has 0 aliphatic carbocycles. The van der Waals surface area contributed by atoms with Crippen molar-refractivity contribution < 1.29 is 0 Å². The highest BCUT2D eigenvalue weighted by atomic mass is 15.6. The first-order chi connectivity index (χ1) is 6.08. The Bertz CT molecular complexity index is 125. The predicted molar refractivity (Wildman–Crippen MR) is 59.6 cm³/mol. The van der Waals surface area contributed by atoms with Crippen LogP contribution in [-0.2, 0) is 0 Å². The van der Waals surface area contributed by atoms with Crippen LogP contribution in [0.15, 0.2) is 0 Å². The molecule has 0 aliphatic rings. The summed E-state index contributed by atoms with van der Waals surface area (Å²) in [6.45, 7) is 12.4. The molecule has 0 radical (unpaired) electrons. The third kappa shape index (κ3) is 3.65. The van der Waals surface area contributed by atoms with E-state index in [2.05, 4.69) is 51.7 Å². The van der Waals surface area contributed by atoms with Gasteiger partial charge in [0.25, 0.3) is 0 Å². The Labute approximate surface area is 83.9 Å². The van der Waals surface area contributed by atoms with Gasteiger partial charge in [0.15, 0.2) is 0 Å². The van der Waals surface area contributed by atoms with E-state index in [9.17, 15) is 0 Å². The quantitative estimate of drug-likeness (QED) is 0.589. The minimum atomic E-state index is 0.647. The van der Waals surface area contributed by atoms with E-state index < -0.39 is 0 Å². The molecule has 0 heterocycles. The Morgan fingerprint density at radius 2 is 1.38 bits per heavy atom. The molecule has 2 unspecified atom stereocenters. The third-order valence-electron chi connectivity index (χ3n) is 3.06. The number of hydrogen-bond donors (Lipinski definition) is 0. The normalized spacial score (nSPS) is 16.6. The van der Waals surface area contributed by atoms with Crippen molar-refractivity contribution in [2.45, 2.75) is 59.5 Å². The van der Waals surface area contributed by atoms with Gasteiger partial charge in [0.05, 0.1) is 0 Å². The van der Waals surface area contributed by atoms with Crippen molar-refractivity contribution in [2.24, 2.45) is 0 Å². The lowest BCUT2D eigenvalue weighted by Gasteiger charge is -2.39. The van der Waals surface area contributed by atoms with Crippen LogP contribution in [0.5, 0.6) is 0 Å². The zero-order valence-electron chi connectivity index (χ0n) is 10.2. The van der Waals surface area contributed by atoms with Gasteiger partial charge < -0.3 is 0 Å². The molecule has 0 spiro atoms. The Morgan fingerprint density at radius 1 is 0.923 bits per heavy atom. The largest absolute Gasteiger partial charge is 0.242 e. The summed E-state index contributed by atoms with van der Waals surface area (Å²) in [5, 5.41) is 4.84. The van der Waals surface area contributed by atoms with E-state index in [0.29, 0.717) is 12.1 Å². The molecular weight excluding hydrogens is 160 g/mol. The average Bonchev–Trinajstić information content (AvgIpc) is 2.17. The van der Waals surface area contributed by atoms with Crippen LogP contribution >= 0.6 is 0 Å². The number of nitrogens with zero attached hydrogens (tertiary/aromatic N) is 2. The van der Waals surface area contributed by atoms with Gasteiger partial charge >= 0.3 is 0 Å². The molecule has 0 aromatic carbocycles. The number of rotatable bonds is 6. The van der Waals surface area contributed by atoms with Gasteiger partial charge in [0.1, 0.15) is 0 Å². The van der Waals surface area contributed by atoms with Crippen molar-refractivity contribution in [3.8, 4) is 0 Å². The summed E-state index contributed by atoms with van der Waals surface area (Å²) in [6, 6.07) is 1.30. The molecule has 0 rings (SSSR count). The van der Waals surface area contributed by atoms with E-state index in [1.807, 2.05) is 0 Å². The Balaban J connectivity index is 4.21. The van der Waals surface area contributed by atoms with E-state index in [-0.39, 0.29) is 0 Å². The van der Waals surface area contributed by atoms with Gasteiger partial charge in [-0.3, -0.25) is 0 Å². The van der Waals surface area contributed by atoms with Crippen LogP contribution in [0.4, 0.5) is 0 Å². The van der Waals surface area contributed by atoms with Gasteiger partial charge in [0.2, 0.25) is 0 Å². The maximum absolute atomic E-state index is 2.45. The second kappa shape index (κ2) is 6.39. The first-order valence-electron chi connectivity index (χ1n) is 5.57. The van der Waals surface area contributed by atoms with Crippen molar-refractivity contribution in [3.05, 3.63) is 0 Å². The van der Waals surface area contributed by atoms with E-state index in [4.69, 9.17) is 0 Å². The monoisotopic (exact) mass is 186 g/mol. The van der Waals surface area contributed by atoms with Crippen molar-refractivity contribution in [3.63, 3.8) is 0 Å². The van der Waals surface area contributed by atoms with Crippen molar-refractivity contribution >= 4 is 0 Å². The van der Waals surface area contributed by atoms with Gasteiger partial charge in [-0.15, -0.1) is 0 Å². The van der Waals surface area contributed by atoms with E-state index in [1.165, 1.54) is 12.8 Å². The van der Waals surface area contributed by atoms with Crippen LogP contribution in [0.1, 0.15) is 47.5 Å². The summed E-state index contributed by atoms with van der Waals surface area (Å²) in [5.74, 6) is 0. The summed E-state index contributed by atoms with van der Waals surface area (Å²) < 4.78 is 0. The number of hydrazine groups is 1. The molecule has 0 bridgehead atoms. The Hall–Kier alpha value is -0.0800. The predicted octanol–water partition coefficient (Wildman–Crippen LogP) is 2.75. The molecule has 2 heteroatoms. The van der Waals surface area contributed by atoms with Gasteiger partial charge in [-0.1, -0.05) is 20.8 Å². The topological polar surface area (TPSA) is 6.48 Å². The highest BCUT2D eigenvalue weighted by molar-refractivity contribution is 4.65. The maximum atomic E-state index is 2.45. The van der Waals surface area contributed by atoms with Crippen molar-refractivity contribution in [2.75, 3.05) is 13.6 Å². The lowest BCUT2D eigenvalue weighted by Crippen LogP contribution is -2.49.